The first-order valence-corrected chi connectivity index (χ1v) is 5.05. The monoisotopic (exact) mass is 191 g/mol. The highest BCUT2D eigenvalue weighted by Gasteiger charge is 1.90. The third kappa shape index (κ3) is 4.68. The first-order valence-electron chi connectivity index (χ1n) is 5.05. The molecule has 1 aromatic heterocycles. The summed E-state index contributed by atoms with van der Waals surface area (Å²) >= 11 is 0. The highest BCUT2D eigenvalue weighted by Crippen LogP contribution is 1.88. The second-order valence-electron chi connectivity index (χ2n) is 3.18. The third-order valence-corrected chi connectivity index (χ3v) is 1.97. The van der Waals surface area contributed by atoms with Crippen LogP contribution in [0.3, 0.4) is 0 Å². The molecule has 0 aliphatic rings. The van der Waals surface area contributed by atoms with Gasteiger partial charge in [-0.25, -0.2) is 0 Å². The number of terminal acetylenes is 1. The van der Waals surface area contributed by atoms with Crippen LogP contribution in [0.25, 0.3) is 0 Å². The van der Waals surface area contributed by atoms with Crippen molar-refractivity contribution in [3.8, 4) is 12.3 Å². The van der Waals surface area contributed by atoms with Gasteiger partial charge in [-0.3, -0.25) is 4.68 Å². The first kappa shape index (κ1) is 10.8. The number of aromatic nitrogens is 2. The van der Waals surface area contributed by atoms with Gasteiger partial charge in [-0.05, 0) is 32.0 Å². The van der Waals surface area contributed by atoms with Crippen LogP contribution in [0.5, 0.6) is 0 Å². The fraction of sp³-hybridized carbons (Fsp3) is 0.545. The first-order chi connectivity index (χ1) is 6.93. The number of hydrogen-bond donors (Lipinski definition) is 1. The van der Waals surface area contributed by atoms with Gasteiger partial charge in [0.05, 0.1) is 0 Å². The van der Waals surface area contributed by atoms with Crippen LogP contribution in [-0.2, 0) is 6.54 Å². The molecule has 0 saturated heterocycles. The van der Waals surface area contributed by atoms with E-state index >= 15 is 0 Å². The van der Waals surface area contributed by atoms with E-state index in [1.165, 1.54) is 0 Å². The lowest BCUT2D eigenvalue weighted by Gasteiger charge is -2.03. The minimum Gasteiger partial charge on any atom is -0.317 e. The van der Waals surface area contributed by atoms with Gasteiger partial charge >= 0.3 is 0 Å². The zero-order valence-corrected chi connectivity index (χ0v) is 8.45. The van der Waals surface area contributed by atoms with Crippen molar-refractivity contribution in [2.24, 2.45) is 0 Å². The molecule has 0 aliphatic heterocycles. The lowest BCUT2D eigenvalue weighted by Crippen LogP contribution is -2.18. The number of rotatable bonds is 7. The van der Waals surface area contributed by atoms with E-state index in [4.69, 9.17) is 6.42 Å². The molecule has 1 rings (SSSR count). The lowest BCUT2D eigenvalue weighted by atomic mass is 10.3. The van der Waals surface area contributed by atoms with Crippen molar-refractivity contribution in [1.29, 1.82) is 0 Å². The summed E-state index contributed by atoms with van der Waals surface area (Å²) in [5.41, 5.74) is 0. The Morgan fingerprint density at radius 1 is 1.36 bits per heavy atom. The molecule has 14 heavy (non-hydrogen) atoms. The number of hydrogen-bond acceptors (Lipinski definition) is 2. The van der Waals surface area contributed by atoms with E-state index in [1.54, 1.807) is 6.20 Å². The Hall–Kier alpha value is -1.27. The molecule has 0 radical (unpaired) electrons. The van der Waals surface area contributed by atoms with Gasteiger partial charge in [0, 0.05) is 25.4 Å². The summed E-state index contributed by atoms with van der Waals surface area (Å²) in [6.07, 6.45) is 12.0. The quantitative estimate of drug-likeness (QED) is 0.519. The van der Waals surface area contributed by atoms with E-state index in [9.17, 15) is 0 Å². The van der Waals surface area contributed by atoms with E-state index in [1.807, 2.05) is 16.9 Å². The highest BCUT2D eigenvalue weighted by molar-refractivity contribution is 4.83. The van der Waals surface area contributed by atoms with Crippen molar-refractivity contribution in [2.75, 3.05) is 13.1 Å². The van der Waals surface area contributed by atoms with Crippen LogP contribution in [0, 0.1) is 12.3 Å². The summed E-state index contributed by atoms with van der Waals surface area (Å²) in [6, 6.07) is 1.94. The smallest absolute Gasteiger partial charge is 0.0489 e. The van der Waals surface area contributed by atoms with E-state index < -0.39 is 0 Å². The largest absolute Gasteiger partial charge is 0.317 e. The average molecular weight is 191 g/mol. The van der Waals surface area contributed by atoms with Crippen molar-refractivity contribution in [3.05, 3.63) is 18.5 Å². The number of aryl methyl sites for hydroxylation is 1. The summed E-state index contributed by atoms with van der Waals surface area (Å²) in [7, 11) is 0. The van der Waals surface area contributed by atoms with Crippen LogP contribution in [0.15, 0.2) is 18.5 Å². The molecule has 0 saturated carbocycles. The van der Waals surface area contributed by atoms with Gasteiger partial charge in [0.2, 0.25) is 0 Å². The van der Waals surface area contributed by atoms with Crippen LogP contribution in [-0.4, -0.2) is 22.9 Å². The molecule has 0 unspecified atom stereocenters. The van der Waals surface area contributed by atoms with E-state index in [-0.39, 0.29) is 0 Å². The molecular weight excluding hydrogens is 174 g/mol. The molecule has 76 valence electrons. The minimum atomic E-state index is 0.867. The predicted molar refractivity (Wildman–Crippen MR) is 57.8 cm³/mol. The van der Waals surface area contributed by atoms with Gasteiger partial charge in [0.25, 0.3) is 0 Å². The fourth-order valence-corrected chi connectivity index (χ4v) is 1.24. The maximum absolute atomic E-state index is 5.14. The van der Waals surface area contributed by atoms with Crippen LogP contribution >= 0.6 is 0 Å². The molecule has 0 fully saturated rings. The summed E-state index contributed by atoms with van der Waals surface area (Å²) < 4.78 is 1.95. The zero-order valence-electron chi connectivity index (χ0n) is 8.45. The van der Waals surface area contributed by atoms with E-state index in [2.05, 4.69) is 16.3 Å². The minimum absolute atomic E-state index is 0.867. The van der Waals surface area contributed by atoms with Gasteiger partial charge < -0.3 is 5.32 Å². The molecule has 0 amide bonds. The lowest BCUT2D eigenvalue weighted by molar-refractivity contribution is 0.540. The van der Waals surface area contributed by atoms with Crippen molar-refractivity contribution < 1.29 is 0 Å². The molecule has 3 nitrogen and oxygen atoms in total. The zero-order chi connectivity index (χ0) is 10.1. The molecule has 1 heterocycles. The predicted octanol–water partition coefficient (Wildman–Crippen LogP) is 1.28. The van der Waals surface area contributed by atoms with Gasteiger partial charge in [-0.1, -0.05) is 0 Å². The van der Waals surface area contributed by atoms with Gasteiger partial charge in [0.15, 0.2) is 0 Å². The number of nitrogens with zero attached hydrogens (tertiary/aromatic N) is 2. The van der Waals surface area contributed by atoms with Crippen molar-refractivity contribution in [1.82, 2.24) is 15.1 Å². The van der Waals surface area contributed by atoms with E-state index in [0.29, 0.717) is 0 Å². The van der Waals surface area contributed by atoms with Gasteiger partial charge in [-0.2, -0.15) is 5.10 Å². The number of unbranched alkanes of at least 4 members (excludes halogenated alkanes) is 1. The van der Waals surface area contributed by atoms with Gasteiger partial charge in [0.1, 0.15) is 0 Å². The van der Waals surface area contributed by atoms with Crippen LogP contribution in [0.4, 0.5) is 0 Å². The molecule has 0 aromatic carbocycles. The van der Waals surface area contributed by atoms with Crippen molar-refractivity contribution in [3.63, 3.8) is 0 Å². The molecule has 3 heteroatoms. The Morgan fingerprint density at radius 2 is 2.21 bits per heavy atom. The second-order valence-corrected chi connectivity index (χ2v) is 3.18. The maximum atomic E-state index is 5.14. The summed E-state index contributed by atoms with van der Waals surface area (Å²) in [5.74, 6) is 2.63. The molecule has 0 spiro atoms. The van der Waals surface area contributed by atoms with Gasteiger partial charge in [-0.15, -0.1) is 12.3 Å². The average Bonchev–Trinajstić information content (AvgIpc) is 2.69. The molecule has 0 bridgehead atoms. The summed E-state index contributed by atoms with van der Waals surface area (Å²) in [6.45, 7) is 3.03. The Labute approximate surface area is 85.5 Å². The Bertz CT molecular complexity index is 259. The Balaban J connectivity index is 1.88. The molecule has 0 atom stereocenters. The third-order valence-electron chi connectivity index (χ3n) is 1.97. The summed E-state index contributed by atoms with van der Waals surface area (Å²) in [5, 5.41) is 7.47. The number of nitrogens with one attached hydrogen (secondary N) is 1. The van der Waals surface area contributed by atoms with Crippen LogP contribution in [0.2, 0.25) is 0 Å². The topological polar surface area (TPSA) is 29.9 Å². The Kier molecular flexibility index (Phi) is 5.53. The highest BCUT2D eigenvalue weighted by atomic mass is 15.3. The van der Waals surface area contributed by atoms with Crippen LogP contribution < -0.4 is 5.32 Å². The van der Waals surface area contributed by atoms with Crippen molar-refractivity contribution in [2.45, 2.75) is 25.8 Å². The maximum Gasteiger partial charge on any atom is 0.0489 e. The molecule has 0 aliphatic carbocycles. The normalized spacial score (nSPS) is 9.93. The fourth-order valence-electron chi connectivity index (χ4n) is 1.24. The molecular formula is C11H17N3. The van der Waals surface area contributed by atoms with E-state index in [0.717, 1.165) is 38.9 Å². The molecule has 1 aromatic rings. The SMILES string of the molecule is C#CCCCNCCCn1cccn1. The molecule has 1 N–H and O–H groups in total. The standard InChI is InChI=1S/C11H17N3/c1-2-3-4-7-12-8-5-10-14-11-6-9-13-14/h1,6,9,11-12H,3-5,7-8,10H2. The van der Waals surface area contributed by atoms with Crippen LogP contribution in [0.1, 0.15) is 19.3 Å². The van der Waals surface area contributed by atoms with Crippen molar-refractivity contribution >= 4 is 0 Å². The second kappa shape index (κ2) is 7.16. The Morgan fingerprint density at radius 3 is 2.93 bits per heavy atom. The summed E-state index contributed by atoms with van der Waals surface area (Å²) in [4.78, 5) is 0.